The molecule has 16 heavy (non-hydrogen) atoms. The summed E-state index contributed by atoms with van der Waals surface area (Å²) in [7, 11) is 0. The molecule has 1 heterocycles. The van der Waals surface area contributed by atoms with E-state index in [4.69, 9.17) is 5.26 Å². The van der Waals surface area contributed by atoms with Crippen LogP contribution in [0.1, 0.15) is 5.56 Å². The fraction of sp³-hybridized carbons (Fsp3) is 0.273. The molecule has 1 fully saturated rings. The van der Waals surface area contributed by atoms with Gasteiger partial charge in [-0.15, -0.1) is 0 Å². The molecular weight excluding hydrogens is 222 g/mol. The van der Waals surface area contributed by atoms with Crippen LogP contribution in [0.2, 0.25) is 0 Å². The minimum absolute atomic E-state index is 0.197. The first-order valence-electron chi connectivity index (χ1n) is 4.90. The van der Waals surface area contributed by atoms with Crippen LogP contribution in [0.3, 0.4) is 0 Å². The van der Waals surface area contributed by atoms with Gasteiger partial charge in [-0.3, -0.25) is 4.72 Å². The number of carbonyl (C=O) groups excluding carboxylic acids is 1. The van der Waals surface area contributed by atoms with Crippen molar-refractivity contribution in [3.8, 4) is 6.07 Å². The third-order valence-corrected chi connectivity index (χ3v) is 3.08. The molecule has 0 bridgehead atoms. The van der Waals surface area contributed by atoms with Crippen LogP contribution in [0.25, 0.3) is 0 Å². The van der Waals surface area contributed by atoms with Gasteiger partial charge in [-0.2, -0.15) is 5.26 Å². The lowest BCUT2D eigenvalue weighted by molar-refractivity contribution is 0.234. The van der Waals surface area contributed by atoms with E-state index in [1.54, 1.807) is 0 Å². The number of nitriles is 1. The van der Waals surface area contributed by atoms with E-state index in [1.165, 1.54) is 22.4 Å². The molecule has 2 rings (SSSR count). The van der Waals surface area contributed by atoms with Gasteiger partial charge in [0.15, 0.2) is 0 Å². The van der Waals surface area contributed by atoms with Crippen molar-refractivity contribution in [2.24, 2.45) is 0 Å². The summed E-state index contributed by atoms with van der Waals surface area (Å²) >= 11 is 1.27. The second-order valence-corrected chi connectivity index (χ2v) is 4.50. The summed E-state index contributed by atoms with van der Waals surface area (Å²) in [6.07, 6.45) is 0. The molecule has 82 valence electrons. The zero-order chi connectivity index (χ0) is 11.5. The Morgan fingerprint density at radius 1 is 1.56 bits per heavy atom. The first kappa shape index (κ1) is 10.8. The van der Waals surface area contributed by atoms with E-state index < -0.39 is 0 Å². The van der Waals surface area contributed by atoms with E-state index in [-0.39, 0.29) is 12.1 Å². The van der Waals surface area contributed by atoms with E-state index in [9.17, 15) is 4.79 Å². The van der Waals surface area contributed by atoms with Gasteiger partial charge in [0.1, 0.15) is 6.04 Å². The number of benzene rings is 1. The number of urea groups is 1. The van der Waals surface area contributed by atoms with Crippen molar-refractivity contribution < 1.29 is 4.79 Å². The highest BCUT2D eigenvalue weighted by Crippen LogP contribution is 2.19. The molecule has 1 aliphatic rings. The topological polar surface area (TPSA) is 55.9 Å². The highest BCUT2D eigenvalue weighted by atomic mass is 32.2. The highest BCUT2D eigenvalue weighted by molar-refractivity contribution is 7.98. The second kappa shape index (κ2) is 4.45. The maximum atomic E-state index is 11.5. The minimum atomic E-state index is -0.237. The Labute approximate surface area is 98.4 Å². The van der Waals surface area contributed by atoms with Gasteiger partial charge in [-0.25, -0.2) is 4.79 Å². The molecule has 0 aromatic heterocycles. The number of nitrogens with zero attached hydrogens (tertiary/aromatic N) is 2. The molecule has 0 spiro atoms. The standard InChI is InChI=1S/C11H11N3OS/c1-8-2-4-10(5-3-8)16-13-11(15)14-7-9(14)6-12/h2-5,9H,7H2,1H3,(H,13,15). The van der Waals surface area contributed by atoms with Crippen molar-refractivity contribution in [3.05, 3.63) is 29.8 Å². The van der Waals surface area contributed by atoms with Crippen molar-refractivity contribution in [2.45, 2.75) is 17.9 Å². The lowest BCUT2D eigenvalue weighted by atomic mass is 10.2. The number of amides is 2. The molecule has 1 saturated heterocycles. The average molecular weight is 233 g/mol. The van der Waals surface area contributed by atoms with Gasteiger partial charge < -0.3 is 4.90 Å². The molecule has 1 aromatic carbocycles. The normalized spacial score (nSPS) is 17.8. The number of hydrogen-bond donors (Lipinski definition) is 1. The van der Waals surface area contributed by atoms with Gasteiger partial charge in [0.25, 0.3) is 0 Å². The monoisotopic (exact) mass is 233 g/mol. The van der Waals surface area contributed by atoms with Crippen LogP contribution in [0.4, 0.5) is 4.79 Å². The average Bonchev–Trinajstić information content (AvgIpc) is 3.07. The zero-order valence-electron chi connectivity index (χ0n) is 8.80. The van der Waals surface area contributed by atoms with E-state index >= 15 is 0 Å². The molecule has 1 aromatic rings. The van der Waals surface area contributed by atoms with Crippen LogP contribution in [0, 0.1) is 18.3 Å². The summed E-state index contributed by atoms with van der Waals surface area (Å²) in [6, 6.07) is 9.47. The van der Waals surface area contributed by atoms with Crippen LogP contribution in [-0.2, 0) is 0 Å². The Morgan fingerprint density at radius 2 is 2.25 bits per heavy atom. The lowest BCUT2D eigenvalue weighted by Crippen LogP contribution is -2.23. The maximum Gasteiger partial charge on any atom is 0.328 e. The van der Waals surface area contributed by atoms with Crippen molar-refractivity contribution in [1.29, 1.82) is 5.26 Å². The first-order chi connectivity index (χ1) is 7.70. The molecule has 5 heteroatoms. The largest absolute Gasteiger partial charge is 0.328 e. The zero-order valence-corrected chi connectivity index (χ0v) is 9.62. The van der Waals surface area contributed by atoms with Crippen molar-refractivity contribution in [1.82, 2.24) is 9.62 Å². The van der Waals surface area contributed by atoms with Crippen LogP contribution in [0.15, 0.2) is 29.2 Å². The van der Waals surface area contributed by atoms with Gasteiger partial charge in [-0.1, -0.05) is 17.7 Å². The molecular formula is C11H11N3OS. The van der Waals surface area contributed by atoms with Crippen LogP contribution >= 0.6 is 11.9 Å². The molecule has 1 aliphatic heterocycles. The Kier molecular flexibility index (Phi) is 3.02. The van der Waals surface area contributed by atoms with Gasteiger partial charge >= 0.3 is 6.03 Å². The molecule has 1 unspecified atom stereocenters. The van der Waals surface area contributed by atoms with E-state index in [2.05, 4.69) is 4.72 Å². The van der Waals surface area contributed by atoms with Gasteiger partial charge in [0, 0.05) is 4.90 Å². The fourth-order valence-corrected chi connectivity index (χ4v) is 1.84. The predicted octanol–water partition coefficient (Wildman–Crippen LogP) is 1.92. The Balaban J connectivity index is 1.82. The third-order valence-electron chi connectivity index (χ3n) is 2.30. The highest BCUT2D eigenvalue weighted by Gasteiger charge is 2.38. The summed E-state index contributed by atoms with van der Waals surface area (Å²) in [5.41, 5.74) is 1.19. The number of hydrogen-bond acceptors (Lipinski definition) is 3. The lowest BCUT2D eigenvalue weighted by Gasteiger charge is -2.04. The van der Waals surface area contributed by atoms with Crippen molar-refractivity contribution >= 4 is 18.0 Å². The van der Waals surface area contributed by atoms with Crippen LogP contribution in [0.5, 0.6) is 0 Å². The smallest absolute Gasteiger partial charge is 0.303 e. The summed E-state index contributed by atoms with van der Waals surface area (Å²) < 4.78 is 2.70. The molecule has 2 amide bonds. The molecule has 0 saturated carbocycles. The quantitative estimate of drug-likeness (QED) is 0.627. The summed E-state index contributed by atoms with van der Waals surface area (Å²) in [5, 5.41) is 8.56. The second-order valence-electron chi connectivity index (χ2n) is 3.62. The Hall–Kier alpha value is -1.67. The van der Waals surface area contributed by atoms with Crippen LogP contribution in [-0.4, -0.2) is 23.5 Å². The molecule has 4 nitrogen and oxygen atoms in total. The Morgan fingerprint density at radius 3 is 2.81 bits per heavy atom. The van der Waals surface area contributed by atoms with Gasteiger partial charge in [0.05, 0.1) is 12.6 Å². The fourth-order valence-electron chi connectivity index (χ4n) is 1.24. The summed E-state index contributed by atoms with van der Waals surface area (Å²) in [5.74, 6) is 0. The SMILES string of the molecule is Cc1ccc(SNC(=O)N2CC2C#N)cc1. The molecule has 0 radical (unpaired) electrons. The number of aryl methyl sites for hydroxylation is 1. The minimum Gasteiger partial charge on any atom is -0.303 e. The number of carbonyl (C=O) groups is 1. The van der Waals surface area contributed by atoms with E-state index in [0.29, 0.717) is 6.54 Å². The maximum absolute atomic E-state index is 11.5. The Bertz CT molecular complexity index is 438. The van der Waals surface area contributed by atoms with Crippen molar-refractivity contribution in [2.75, 3.05) is 6.54 Å². The van der Waals surface area contributed by atoms with E-state index in [0.717, 1.165) is 4.90 Å². The predicted molar refractivity (Wildman–Crippen MR) is 61.7 cm³/mol. The van der Waals surface area contributed by atoms with Gasteiger partial charge in [-0.05, 0) is 31.0 Å². The summed E-state index contributed by atoms with van der Waals surface area (Å²) in [6.45, 7) is 2.55. The molecule has 1 atom stereocenters. The van der Waals surface area contributed by atoms with Crippen molar-refractivity contribution in [3.63, 3.8) is 0 Å². The molecule has 0 aliphatic carbocycles. The molecule has 1 N–H and O–H groups in total. The third kappa shape index (κ3) is 2.47. The van der Waals surface area contributed by atoms with Gasteiger partial charge in [0.2, 0.25) is 0 Å². The number of nitrogens with one attached hydrogen (secondary N) is 1. The summed E-state index contributed by atoms with van der Waals surface area (Å²) in [4.78, 5) is 13.9. The van der Waals surface area contributed by atoms with E-state index in [1.807, 2.05) is 37.3 Å². The number of rotatable bonds is 2. The van der Waals surface area contributed by atoms with Crippen LogP contribution < -0.4 is 4.72 Å². The first-order valence-corrected chi connectivity index (χ1v) is 5.72.